The van der Waals surface area contributed by atoms with E-state index in [1.54, 1.807) is 23.0 Å². The number of fused-ring (bicyclic) bond motifs is 1. The first-order chi connectivity index (χ1) is 8.76. The van der Waals surface area contributed by atoms with Crippen LogP contribution in [0.2, 0.25) is 5.02 Å². The van der Waals surface area contributed by atoms with Crippen molar-refractivity contribution in [3.05, 3.63) is 27.8 Å². The average Bonchev–Trinajstić information content (AvgIpc) is 2.57. The molecule has 0 bridgehead atoms. The summed E-state index contributed by atoms with van der Waals surface area (Å²) in [6, 6.07) is 3.58. The molecule has 0 atom stereocenters. The van der Waals surface area contributed by atoms with E-state index in [1.165, 1.54) is 0 Å². The number of ether oxygens (including phenoxy) is 1. The van der Waals surface area contributed by atoms with Gasteiger partial charge in [0, 0.05) is 14.9 Å². The van der Waals surface area contributed by atoms with Gasteiger partial charge in [-0.15, -0.1) is 0 Å². The predicted octanol–water partition coefficient (Wildman–Crippen LogP) is 3.79. The fourth-order valence-corrected chi connectivity index (χ4v) is 2.80. The molecule has 6 heteroatoms. The van der Waals surface area contributed by atoms with Crippen LogP contribution in [-0.2, 0) is 16.1 Å². The minimum absolute atomic E-state index is 0.0704. The van der Waals surface area contributed by atoms with Crippen LogP contribution in [0.25, 0.3) is 10.9 Å². The Bertz CT molecular complexity index is 631. The molecular formula is C13H14BrClN2O2. The lowest BCUT2D eigenvalue weighted by Crippen LogP contribution is -2.26. The number of esters is 1. The summed E-state index contributed by atoms with van der Waals surface area (Å²) in [5.74, 6) is -0.320. The van der Waals surface area contributed by atoms with E-state index >= 15 is 0 Å². The molecule has 102 valence electrons. The fourth-order valence-electron chi connectivity index (χ4n) is 1.76. The molecule has 0 amide bonds. The molecule has 19 heavy (non-hydrogen) atoms. The van der Waals surface area contributed by atoms with Crippen LogP contribution >= 0.6 is 27.5 Å². The summed E-state index contributed by atoms with van der Waals surface area (Å²) in [4.78, 5) is 11.8. The van der Waals surface area contributed by atoms with Crippen molar-refractivity contribution < 1.29 is 9.53 Å². The molecule has 1 aromatic heterocycles. The number of halogens is 2. The summed E-state index contributed by atoms with van der Waals surface area (Å²) in [5, 5.41) is 5.69. The van der Waals surface area contributed by atoms with E-state index in [9.17, 15) is 4.79 Å². The molecule has 0 saturated carbocycles. The van der Waals surface area contributed by atoms with Gasteiger partial charge in [0.2, 0.25) is 0 Å². The third kappa shape index (κ3) is 3.48. The second kappa shape index (κ2) is 5.13. The van der Waals surface area contributed by atoms with E-state index in [0.717, 1.165) is 15.4 Å². The minimum Gasteiger partial charge on any atom is -0.459 e. The van der Waals surface area contributed by atoms with Gasteiger partial charge in [0.15, 0.2) is 0 Å². The van der Waals surface area contributed by atoms with Crippen molar-refractivity contribution in [1.29, 1.82) is 0 Å². The fraction of sp³-hybridized carbons (Fsp3) is 0.385. The van der Waals surface area contributed by atoms with Gasteiger partial charge in [-0.3, -0.25) is 9.48 Å². The highest BCUT2D eigenvalue weighted by Gasteiger charge is 2.18. The van der Waals surface area contributed by atoms with Gasteiger partial charge < -0.3 is 4.74 Å². The maximum atomic E-state index is 11.8. The zero-order valence-corrected chi connectivity index (χ0v) is 13.2. The smallest absolute Gasteiger partial charge is 0.328 e. The number of carbonyl (C=O) groups excluding carboxylic acids is 1. The van der Waals surface area contributed by atoms with Crippen molar-refractivity contribution in [1.82, 2.24) is 9.78 Å². The Morgan fingerprint density at radius 2 is 2.16 bits per heavy atom. The molecule has 2 rings (SSSR count). The molecule has 4 nitrogen and oxygen atoms in total. The van der Waals surface area contributed by atoms with Gasteiger partial charge in [0.05, 0.1) is 11.7 Å². The minimum atomic E-state index is -0.499. The van der Waals surface area contributed by atoms with Crippen LogP contribution in [0, 0.1) is 0 Å². The van der Waals surface area contributed by atoms with Crippen molar-refractivity contribution in [2.45, 2.75) is 32.9 Å². The van der Waals surface area contributed by atoms with Crippen LogP contribution in [-0.4, -0.2) is 21.4 Å². The maximum absolute atomic E-state index is 11.8. The van der Waals surface area contributed by atoms with Crippen LogP contribution < -0.4 is 0 Å². The Balaban J connectivity index is 2.29. The molecule has 0 radical (unpaired) electrons. The van der Waals surface area contributed by atoms with E-state index in [4.69, 9.17) is 16.3 Å². The third-order valence-corrected chi connectivity index (χ3v) is 3.17. The molecule has 0 aliphatic carbocycles. The number of hydrogen-bond acceptors (Lipinski definition) is 3. The molecular weight excluding hydrogens is 332 g/mol. The molecule has 0 N–H and O–H groups in total. The number of benzene rings is 1. The number of carbonyl (C=O) groups is 1. The van der Waals surface area contributed by atoms with Crippen LogP contribution in [0.15, 0.2) is 22.8 Å². The summed E-state index contributed by atoms with van der Waals surface area (Å²) in [6.45, 7) is 5.58. The van der Waals surface area contributed by atoms with E-state index in [1.807, 2.05) is 20.8 Å². The molecule has 2 aromatic rings. The normalized spacial score (nSPS) is 11.8. The second-order valence-corrected chi connectivity index (χ2v) is 6.50. The SMILES string of the molecule is CC(C)(C)OC(=O)Cn1ncc2cc(Cl)cc(Br)c21. The summed E-state index contributed by atoms with van der Waals surface area (Å²) >= 11 is 9.40. The summed E-state index contributed by atoms with van der Waals surface area (Å²) in [7, 11) is 0. The summed E-state index contributed by atoms with van der Waals surface area (Å²) in [6.07, 6.45) is 1.68. The van der Waals surface area contributed by atoms with Crippen LogP contribution in [0.3, 0.4) is 0 Å². The van der Waals surface area contributed by atoms with Crippen LogP contribution in [0.4, 0.5) is 0 Å². The van der Waals surface area contributed by atoms with Gasteiger partial charge in [0.1, 0.15) is 12.1 Å². The van der Waals surface area contributed by atoms with Gasteiger partial charge in [-0.1, -0.05) is 11.6 Å². The van der Waals surface area contributed by atoms with Crippen molar-refractivity contribution in [2.75, 3.05) is 0 Å². The van der Waals surface area contributed by atoms with Crippen molar-refractivity contribution >= 4 is 44.4 Å². The molecule has 0 unspecified atom stereocenters. The number of aromatic nitrogens is 2. The van der Waals surface area contributed by atoms with Crippen LogP contribution in [0.5, 0.6) is 0 Å². The Morgan fingerprint density at radius 3 is 2.79 bits per heavy atom. The Labute approximate surface area is 124 Å². The van der Waals surface area contributed by atoms with Gasteiger partial charge in [0.25, 0.3) is 0 Å². The number of hydrogen-bond donors (Lipinski definition) is 0. The monoisotopic (exact) mass is 344 g/mol. The van der Waals surface area contributed by atoms with Gasteiger partial charge in [-0.25, -0.2) is 0 Å². The van der Waals surface area contributed by atoms with E-state index in [2.05, 4.69) is 21.0 Å². The number of nitrogens with zero attached hydrogens (tertiary/aromatic N) is 2. The van der Waals surface area contributed by atoms with E-state index in [0.29, 0.717) is 5.02 Å². The lowest BCUT2D eigenvalue weighted by atomic mass is 10.2. The molecule has 1 aromatic carbocycles. The number of rotatable bonds is 2. The maximum Gasteiger partial charge on any atom is 0.328 e. The third-order valence-electron chi connectivity index (χ3n) is 2.35. The standard InChI is InChI=1S/C13H14BrClN2O2/c1-13(2,3)19-11(18)7-17-12-8(6-16-17)4-9(15)5-10(12)14/h4-6H,7H2,1-3H3. The highest BCUT2D eigenvalue weighted by atomic mass is 79.9. The first-order valence-corrected chi connectivity index (χ1v) is 6.96. The zero-order valence-electron chi connectivity index (χ0n) is 10.9. The first-order valence-electron chi connectivity index (χ1n) is 5.79. The lowest BCUT2D eigenvalue weighted by Gasteiger charge is -2.19. The van der Waals surface area contributed by atoms with Gasteiger partial charge in [-0.2, -0.15) is 5.10 Å². The zero-order chi connectivity index (χ0) is 14.2. The summed E-state index contributed by atoms with van der Waals surface area (Å²) < 4.78 is 7.69. The van der Waals surface area contributed by atoms with Crippen molar-refractivity contribution in [2.24, 2.45) is 0 Å². The topological polar surface area (TPSA) is 44.1 Å². The molecule has 1 heterocycles. The van der Waals surface area contributed by atoms with E-state index in [-0.39, 0.29) is 12.5 Å². The highest BCUT2D eigenvalue weighted by molar-refractivity contribution is 9.10. The molecule has 0 saturated heterocycles. The van der Waals surface area contributed by atoms with E-state index < -0.39 is 5.60 Å². The van der Waals surface area contributed by atoms with Crippen molar-refractivity contribution in [3.8, 4) is 0 Å². The van der Waals surface area contributed by atoms with Gasteiger partial charge in [-0.05, 0) is 48.8 Å². The van der Waals surface area contributed by atoms with Crippen LogP contribution in [0.1, 0.15) is 20.8 Å². The second-order valence-electron chi connectivity index (χ2n) is 5.21. The highest BCUT2D eigenvalue weighted by Crippen LogP contribution is 2.28. The molecule has 0 aliphatic heterocycles. The first kappa shape index (κ1) is 14.3. The van der Waals surface area contributed by atoms with Crippen molar-refractivity contribution in [3.63, 3.8) is 0 Å². The Morgan fingerprint density at radius 1 is 1.47 bits per heavy atom. The van der Waals surface area contributed by atoms with Gasteiger partial charge >= 0.3 is 5.97 Å². The summed E-state index contributed by atoms with van der Waals surface area (Å²) in [5.41, 5.74) is 0.330. The quantitative estimate of drug-likeness (QED) is 0.778. The average molecular weight is 346 g/mol. The Kier molecular flexibility index (Phi) is 3.87. The Hall–Kier alpha value is -1.07. The molecule has 0 aliphatic rings. The largest absolute Gasteiger partial charge is 0.459 e. The molecule has 0 fully saturated rings. The molecule has 0 spiro atoms. The predicted molar refractivity (Wildman–Crippen MR) is 78.3 cm³/mol. The lowest BCUT2D eigenvalue weighted by molar-refractivity contribution is -0.155.